The minimum atomic E-state index is 0.988. The van der Waals surface area contributed by atoms with Crippen LogP contribution in [0.25, 0.3) is 43.5 Å². The van der Waals surface area contributed by atoms with Crippen molar-refractivity contribution >= 4 is 60.5 Å². The summed E-state index contributed by atoms with van der Waals surface area (Å²) in [5, 5.41) is 5.84. The number of rotatable bonds is 3. The molecular formula is C33H23N3. The van der Waals surface area contributed by atoms with Gasteiger partial charge in [0.25, 0.3) is 0 Å². The lowest BCUT2D eigenvalue weighted by atomic mass is 9.97. The van der Waals surface area contributed by atoms with Crippen LogP contribution in [0.3, 0.4) is 0 Å². The Morgan fingerprint density at radius 2 is 1.28 bits per heavy atom. The Balaban J connectivity index is 1.58. The van der Waals surface area contributed by atoms with E-state index in [-0.39, 0.29) is 0 Å². The van der Waals surface area contributed by atoms with Gasteiger partial charge in [-0.3, -0.25) is 4.98 Å². The van der Waals surface area contributed by atoms with E-state index in [4.69, 9.17) is 9.97 Å². The van der Waals surface area contributed by atoms with Gasteiger partial charge in [0, 0.05) is 39.1 Å². The highest BCUT2D eigenvalue weighted by molar-refractivity contribution is 6.15. The summed E-state index contributed by atoms with van der Waals surface area (Å²) in [6, 6.07) is 40.4. The van der Waals surface area contributed by atoms with E-state index in [1.807, 2.05) is 18.3 Å². The predicted molar refractivity (Wildman–Crippen MR) is 151 cm³/mol. The molecule has 0 unspecified atom stereocenters. The maximum absolute atomic E-state index is 4.91. The standard InChI is InChI=1S/C33H23N3/c1-22-27-13-6-7-14-29(27)33(32-28(22)15-9-19-34-32)36(25-11-3-2-4-12-25)26-17-18-31-24(21-26)20-23-10-5-8-16-30(23)35-31/h2-21H,1H3. The topological polar surface area (TPSA) is 29.0 Å². The maximum atomic E-state index is 4.91. The predicted octanol–water partition coefficient (Wildman–Crippen LogP) is 8.87. The highest BCUT2D eigenvalue weighted by Gasteiger charge is 2.21. The number of aromatic nitrogens is 2. The van der Waals surface area contributed by atoms with Crippen molar-refractivity contribution in [3.8, 4) is 0 Å². The van der Waals surface area contributed by atoms with E-state index in [9.17, 15) is 0 Å². The van der Waals surface area contributed by atoms with E-state index < -0.39 is 0 Å². The quantitative estimate of drug-likeness (QED) is 0.246. The summed E-state index contributed by atoms with van der Waals surface area (Å²) >= 11 is 0. The molecule has 0 spiro atoms. The molecule has 0 aliphatic carbocycles. The zero-order chi connectivity index (χ0) is 24.1. The monoisotopic (exact) mass is 461 g/mol. The van der Waals surface area contributed by atoms with Crippen LogP contribution in [-0.4, -0.2) is 9.97 Å². The number of hydrogen-bond donors (Lipinski definition) is 0. The lowest BCUT2D eigenvalue weighted by molar-refractivity contribution is 1.29. The number of hydrogen-bond acceptors (Lipinski definition) is 3. The van der Waals surface area contributed by atoms with Gasteiger partial charge in [-0.15, -0.1) is 0 Å². The summed E-state index contributed by atoms with van der Waals surface area (Å²) in [4.78, 5) is 12.2. The number of nitrogens with zero attached hydrogens (tertiary/aromatic N) is 3. The number of anilines is 3. The molecule has 0 atom stereocenters. The molecule has 2 aromatic heterocycles. The lowest BCUT2D eigenvalue weighted by Gasteiger charge is -2.28. The summed E-state index contributed by atoms with van der Waals surface area (Å²) in [6.07, 6.45) is 1.89. The van der Waals surface area contributed by atoms with Crippen molar-refractivity contribution in [2.24, 2.45) is 0 Å². The number of para-hydroxylation sites is 2. The number of fused-ring (bicyclic) bond motifs is 4. The van der Waals surface area contributed by atoms with Crippen LogP contribution in [0, 0.1) is 6.92 Å². The molecule has 0 saturated carbocycles. The van der Waals surface area contributed by atoms with Crippen LogP contribution < -0.4 is 4.90 Å². The SMILES string of the molecule is Cc1c2ccccc2c(N(c2ccccc2)c2ccc3nc4ccccc4cc3c2)c2ncccc12. The zero-order valence-electron chi connectivity index (χ0n) is 19.9. The third-order valence-electron chi connectivity index (χ3n) is 7.02. The van der Waals surface area contributed by atoms with Crippen LogP contribution in [-0.2, 0) is 0 Å². The molecule has 36 heavy (non-hydrogen) atoms. The van der Waals surface area contributed by atoms with Gasteiger partial charge in [-0.05, 0) is 66.4 Å². The molecule has 7 rings (SSSR count). The Labute approximate surface area is 209 Å². The van der Waals surface area contributed by atoms with E-state index >= 15 is 0 Å². The van der Waals surface area contributed by atoms with Crippen LogP contribution in [0.1, 0.15) is 5.56 Å². The van der Waals surface area contributed by atoms with Crippen LogP contribution in [0.5, 0.6) is 0 Å². The Morgan fingerprint density at radius 3 is 2.17 bits per heavy atom. The normalized spacial score (nSPS) is 11.5. The molecule has 0 amide bonds. The average Bonchev–Trinajstić information content (AvgIpc) is 2.94. The molecule has 3 nitrogen and oxygen atoms in total. The van der Waals surface area contributed by atoms with Crippen molar-refractivity contribution in [1.29, 1.82) is 0 Å². The minimum absolute atomic E-state index is 0.988. The minimum Gasteiger partial charge on any atom is -0.308 e. The van der Waals surface area contributed by atoms with Crippen molar-refractivity contribution < 1.29 is 0 Å². The van der Waals surface area contributed by atoms with E-state index in [1.54, 1.807) is 0 Å². The van der Waals surface area contributed by atoms with E-state index in [0.29, 0.717) is 0 Å². The van der Waals surface area contributed by atoms with Crippen molar-refractivity contribution in [3.05, 3.63) is 127 Å². The average molecular weight is 462 g/mol. The second-order valence-electron chi connectivity index (χ2n) is 9.15. The molecule has 7 aromatic rings. The van der Waals surface area contributed by atoms with Gasteiger partial charge in [0.2, 0.25) is 0 Å². The molecule has 0 aliphatic heterocycles. The van der Waals surface area contributed by atoms with E-state index in [1.165, 1.54) is 21.7 Å². The molecule has 0 aliphatic rings. The summed E-state index contributed by atoms with van der Waals surface area (Å²) in [6.45, 7) is 2.19. The second kappa shape index (κ2) is 8.17. The summed E-state index contributed by atoms with van der Waals surface area (Å²) < 4.78 is 0. The maximum Gasteiger partial charge on any atom is 0.0951 e. The Hall–Kier alpha value is -4.76. The zero-order valence-corrected chi connectivity index (χ0v) is 19.9. The van der Waals surface area contributed by atoms with Crippen LogP contribution in [0.2, 0.25) is 0 Å². The van der Waals surface area contributed by atoms with Crippen molar-refractivity contribution in [1.82, 2.24) is 9.97 Å². The molecule has 5 aromatic carbocycles. The first kappa shape index (κ1) is 20.6. The highest BCUT2D eigenvalue weighted by Crippen LogP contribution is 2.44. The van der Waals surface area contributed by atoms with E-state index in [0.717, 1.165) is 44.4 Å². The molecule has 2 heterocycles. The highest BCUT2D eigenvalue weighted by atomic mass is 15.2. The van der Waals surface area contributed by atoms with Crippen molar-refractivity contribution in [2.75, 3.05) is 4.90 Å². The molecular weight excluding hydrogens is 438 g/mol. The first-order valence-corrected chi connectivity index (χ1v) is 12.2. The van der Waals surface area contributed by atoms with Crippen LogP contribution >= 0.6 is 0 Å². The molecule has 0 saturated heterocycles. The molecule has 170 valence electrons. The Bertz CT molecular complexity index is 1850. The lowest BCUT2D eigenvalue weighted by Crippen LogP contribution is -2.12. The van der Waals surface area contributed by atoms with Gasteiger partial charge in [0.15, 0.2) is 0 Å². The molecule has 3 heteroatoms. The first-order valence-electron chi connectivity index (χ1n) is 12.2. The first-order chi connectivity index (χ1) is 17.8. The van der Waals surface area contributed by atoms with Crippen molar-refractivity contribution in [3.63, 3.8) is 0 Å². The number of benzene rings is 5. The largest absolute Gasteiger partial charge is 0.308 e. The van der Waals surface area contributed by atoms with Gasteiger partial charge in [0.05, 0.1) is 22.2 Å². The molecule has 0 N–H and O–H groups in total. The summed E-state index contributed by atoms with van der Waals surface area (Å²) in [5.74, 6) is 0. The van der Waals surface area contributed by atoms with Gasteiger partial charge < -0.3 is 4.90 Å². The molecule has 0 fully saturated rings. The van der Waals surface area contributed by atoms with Gasteiger partial charge in [-0.1, -0.05) is 66.7 Å². The smallest absolute Gasteiger partial charge is 0.0951 e. The second-order valence-corrected chi connectivity index (χ2v) is 9.15. The molecule has 0 bridgehead atoms. The Morgan fingerprint density at radius 1 is 0.556 bits per heavy atom. The van der Waals surface area contributed by atoms with E-state index in [2.05, 4.69) is 115 Å². The third kappa shape index (κ3) is 3.21. The van der Waals surface area contributed by atoms with Gasteiger partial charge in [0.1, 0.15) is 0 Å². The van der Waals surface area contributed by atoms with Gasteiger partial charge >= 0.3 is 0 Å². The van der Waals surface area contributed by atoms with Crippen LogP contribution in [0.4, 0.5) is 17.1 Å². The Kier molecular flexibility index (Phi) is 4.68. The summed E-state index contributed by atoms with van der Waals surface area (Å²) in [7, 11) is 0. The van der Waals surface area contributed by atoms with Gasteiger partial charge in [-0.25, -0.2) is 4.98 Å². The fourth-order valence-electron chi connectivity index (χ4n) is 5.30. The third-order valence-corrected chi connectivity index (χ3v) is 7.02. The summed E-state index contributed by atoms with van der Waals surface area (Å²) in [5.41, 5.74) is 7.50. The number of pyridine rings is 2. The van der Waals surface area contributed by atoms with Gasteiger partial charge in [-0.2, -0.15) is 0 Å². The fourth-order valence-corrected chi connectivity index (χ4v) is 5.30. The molecule has 0 radical (unpaired) electrons. The number of aryl methyl sites for hydroxylation is 1. The van der Waals surface area contributed by atoms with Crippen molar-refractivity contribution in [2.45, 2.75) is 6.92 Å². The van der Waals surface area contributed by atoms with Crippen LogP contribution in [0.15, 0.2) is 121 Å². The fraction of sp³-hybridized carbons (Fsp3) is 0.0303.